The van der Waals surface area contributed by atoms with E-state index in [0.29, 0.717) is 16.2 Å². The molecule has 0 aromatic heterocycles. The molecule has 3 rings (SSSR count). The highest BCUT2D eigenvalue weighted by atomic mass is 35.5. The van der Waals surface area contributed by atoms with Crippen LogP contribution in [0.3, 0.4) is 0 Å². The number of imide groups is 1. The minimum Gasteiger partial charge on any atom is -0.350 e. The molecular formula is C19H17ClN2O2. The summed E-state index contributed by atoms with van der Waals surface area (Å²) in [4.78, 5) is 26.0. The van der Waals surface area contributed by atoms with E-state index in [1.807, 2.05) is 24.3 Å². The van der Waals surface area contributed by atoms with E-state index >= 15 is 0 Å². The number of anilines is 1. The highest BCUT2D eigenvalue weighted by Gasteiger charge is 2.36. The van der Waals surface area contributed by atoms with Crippen LogP contribution in [-0.2, 0) is 16.0 Å². The Morgan fingerprint density at radius 1 is 0.958 bits per heavy atom. The van der Waals surface area contributed by atoms with Gasteiger partial charge in [0, 0.05) is 17.8 Å². The third-order valence-corrected chi connectivity index (χ3v) is 4.30. The number of carbonyl (C=O) groups excluding carboxylic acids is 2. The number of hydrogen-bond donors (Lipinski definition) is 1. The summed E-state index contributed by atoms with van der Waals surface area (Å²) in [6, 6.07) is 14.7. The lowest BCUT2D eigenvalue weighted by Crippen LogP contribution is -2.27. The van der Waals surface area contributed by atoms with Gasteiger partial charge in [0.15, 0.2) is 0 Å². The van der Waals surface area contributed by atoms with Gasteiger partial charge in [0.05, 0.1) is 5.57 Å². The standard InChI is InChI=1S/C19H17ClN2O2/c1-3-12-4-10-15(11-5-12)21-17-16(18(23)22(2)19(17)24)13-6-8-14(20)9-7-13/h4-11,21H,3H2,1-2H3. The van der Waals surface area contributed by atoms with Crippen LogP contribution >= 0.6 is 11.6 Å². The summed E-state index contributed by atoms with van der Waals surface area (Å²) < 4.78 is 0. The molecular weight excluding hydrogens is 324 g/mol. The molecule has 1 heterocycles. The van der Waals surface area contributed by atoms with Crippen LogP contribution in [0.25, 0.3) is 5.57 Å². The van der Waals surface area contributed by atoms with E-state index in [1.54, 1.807) is 24.3 Å². The lowest BCUT2D eigenvalue weighted by atomic mass is 10.0. The minimum absolute atomic E-state index is 0.286. The molecule has 24 heavy (non-hydrogen) atoms. The van der Waals surface area contributed by atoms with E-state index in [1.165, 1.54) is 12.6 Å². The second kappa shape index (κ2) is 6.49. The first-order valence-corrected chi connectivity index (χ1v) is 8.07. The first kappa shape index (κ1) is 16.3. The number of nitrogens with one attached hydrogen (secondary N) is 1. The van der Waals surface area contributed by atoms with Gasteiger partial charge in [-0.3, -0.25) is 14.5 Å². The molecule has 2 aromatic carbocycles. The Hall–Kier alpha value is -2.59. The molecule has 1 N–H and O–H groups in total. The highest BCUT2D eigenvalue weighted by Crippen LogP contribution is 2.30. The van der Waals surface area contributed by atoms with Crippen molar-refractivity contribution in [2.45, 2.75) is 13.3 Å². The zero-order chi connectivity index (χ0) is 17.3. The van der Waals surface area contributed by atoms with Gasteiger partial charge in [-0.1, -0.05) is 42.8 Å². The van der Waals surface area contributed by atoms with Gasteiger partial charge in [0.2, 0.25) is 0 Å². The van der Waals surface area contributed by atoms with Crippen LogP contribution in [0.1, 0.15) is 18.1 Å². The Morgan fingerprint density at radius 2 is 1.58 bits per heavy atom. The third kappa shape index (κ3) is 2.93. The number of benzene rings is 2. The highest BCUT2D eigenvalue weighted by molar-refractivity contribution is 6.36. The van der Waals surface area contributed by atoms with Gasteiger partial charge >= 0.3 is 0 Å². The molecule has 1 aliphatic heterocycles. The fourth-order valence-electron chi connectivity index (χ4n) is 2.61. The Balaban J connectivity index is 2.02. The zero-order valence-electron chi connectivity index (χ0n) is 13.5. The summed E-state index contributed by atoms with van der Waals surface area (Å²) in [5.41, 5.74) is 3.28. The normalized spacial score (nSPS) is 14.5. The van der Waals surface area contributed by atoms with Gasteiger partial charge in [-0.15, -0.1) is 0 Å². The Labute approximate surface area is 145 Å². The van der Waals surface area contributed by atoms with Gasteiger partial charge in [-0.05, 0) is 41.8 Å². The predicted octanol–water partition coefficient (Wildman–Crippen LogP) is 3.72. The number of nitrogens with zero attached hydrogens (tertiary/aromatic N) is 1. The Bertz CT molecular complexity index is 823. The number of likely N-dealkylation sites (N-methyl/N-ethyl adjacent to an activating group) is 1. The van der Waals surface area contributed by atoms with Crippen molar-refractivity contribution in [3.8, 4) is 0 Å². The number of carbonyl (C=O) groups is 2. The number of amides is 2. The maximum Gasteiger partial charge on any atom is 0.277 e. The SMILES string of the molecule is CCc1ccc(NC2=C(c3ccc(Cl)cc3)C(=O)N(C)C2=O)cc1. The molecule has 4 nitrogen and oxygen atoms in total. The average Bonchev–Trinajstić information content (AvgIpc) is 2.81. The third-order valence-electron chi connectivity index (χ3n) is 4.05. The summed E-state index contributed by atoms with van der Waals surface area (Å²) in [6.07, 6.45) is 0.944. The molecule has 0 spiro atoms. The monoisotopic (exact) mass is 340 g/mol. The number of rotatable bonds is 4. The Kier molecular flexibility index (Phi) is 4.40. The van der Waals surface area contributed by atoms with Gasteiger partial charge < -0.3 is 5.32 Å². The topological polar surface area (TPSA) is 49.4 Å². The molecule has 2 aromatic rings. The van der Waals surface area contributed by atoms with Crippen molar-refractivity contribution in [3.05, 3.63) is 70.4 Å². The van der Waals surface area contributed by atoms with Crippen molar-refractivity contribution >= 4 is 34.7 Å². The smallest absolute Gasteiger partial charge is 0.277 e. The average molecular weight is 341 g/mol. The van der Waals surface area contributed by atoms with Crippen molar-refractivity contribution in [2.75, 3.05) is 12.4 Å². The summed E-state index contributed by atoms with van der Waals surface area (Å²) >= 11 is 5.91. The van der Waals surface area contributed by atoms with Crippen LogP contribution < -0.4 is 5.32 Å². The lowest BCUT2D eigenvalue weighted by Gasteiger charge is -2.09. The molecule has 0 unspecified atom stereocenters. The molecule has 0 saturated carbocycles. The van der Waals surface area contributed by atoms with Gasteiger partial charge in [0.25, 0.3) is 11.8 Å². The second-order valence-corrected chi connectivity index (χ2v) is 6.04. The molecule has 1 aliphatic rings. The fourth-order valence-corrected chi connectivity index (χ4v) is 2.74. The van der Waals surface area contributed by atoms with Crippen molar-refractivity contribution < 1.29 is 9.59 Å². The number of halogens is 1. The van der Waals surface area contributed by atoms with Gasteiger partial charge in [-0.25, -0.2) is 0 Å². The maximum absolute atomic E-state index is 12.5. The number of hydrogen-bond acceptors (Lipinski definition) is 3. The van der Waals surface area contributed by atoms with Crippen LogP contribution in [0, 0.1) is 0 Å². The quantitative estimate of drug-likeness (QED) is 0.863. The van der Waals surface area contributed by atoms with E-state index in [-0.39, 0.29) is 17.5 Å². The Morgan fingerprint density at radius 3 is 2.17 bits per heavy atom. The fraction of sp³-hybridized carbons (Fsp3) is 0.158. The molecule has 2 amide bonds. The molecule has 0 saturated heterocycles. The molecule has 122 valence electrons. The van der Waals surface area contributed by atoms with E-state index in [2.05, 4.69) is 12.2 Å². The first-order valence-electron chi connectivity index (χ1n) is 7.70. The summed E-state index contributed by atoms with van der Waals surface area (Å²) in [5.74, 6) is -0.667. The second-order valence-electron chi connectivity index (χ2n) is 5.60. The van der Waals surface area contributed by atoms with Crippen molar-refractivity contribution in [1.29, 1.82) is 0 Å². The lowest BCUT2D eigenvalue weighted by molar-refractivity contribution is -0.135. The predicted molar refractivity (Wildman–Crippen MR) is 95.6 cm³/mol. The van der Waals surface area contributed by atoms with E-state index < -0.39 is 0 Å². The molecule has 0 atom stereocenters. The molecule has 0 bridgehead atoms. The zero-order valence-corrected chi connectivity index (χ0v) is 14.2. The molecule has 0 radical (unpaired) electrons. The summed E-state index contributed by atoms with van der Waals surface area (Å²) in [5, 5.41) is 3.68. The summed E-state index contributed by atoms with van der Waals surface area (Å²) in [7, 11) is 1.48. The summed E-state index contributed by atoms with van der Waals surface area (Å²) in [6.45, 7) is 2.08. The van der Waals surface area contributed by atoms with Gasteiger partial charge in [0.1, 0.15) is 5.70 Å². The largest absolute Gasteiger partial charge is 0.350 e. The molecule has 0 fully saturated rings. The minimum atomic E-state index is -0.343. The van der Waals surface area contributed by atoms with Crippen LogP contribution in [0.4, 0.5) is 5.69 Å². The van der Waals surface area contributed by atoms with Gasteiger partial charge in [-0.2, -0.15) is 0 Å². The van der Waals surface area contributed by atoms with Crippen LogP contribution in [0.5, 0.6) is 0 Å². The van der Waals surface area contributed by atoms with E-state index in [9.17, 15) is 9.59 Å². The molecule has 0 aliphatic carbocycles. The number of aryl methyl sites for hydroxylation is 1. The van der Waals surface area contributed by atoms with Crippen LogP contribution in [0.2, 0.25) is 5.02 Å². The van der Waals surface area contributed by atoms with Crippen LogP contribution in [0.15, 0.2) is 54.2 Å². The van der Waals surface area contributed by atoms with E-state index in [0.717, 1.165) is 17.0 Å². The first-order chi connectivity index (χ1) is 11.5. The molecule has 5 heteroatoms. The van der Waals surface area contributed by atoms with Crippen LogP contribution in [-0.4, -0.2) is 23.8 Å². The maximum atomic E-state index is 12.5. The van der Waals surface area contributed by atoms with E-state index in [4.69, 9.17) is 11.6 Å². The van der Waals surface area contributed by atoms with Crippen molar-refractivity contribution in [2.24, 2.45) is 0 Å². The van der Waals surface area contributed by atoms with Crippen molar-refractivity contribution in [3.63, 3.8) is 0 Å². The van der Waals surface area contributed by atoms with Crippen molar-refractivity contribution in [1.82, 2.24) is 4.90 Å².